The van der Waals surface area contributed by atoms with Crippen molar-refractivity contribution in [2.24, 2.45) is 0 Å². The number of anilines is 1. The molecule has 2 aliphatic rings. The lowest BCUT2D eigenvalue weighted by atomic mass is 10.0. The third-order valence-corrected chi connectivity index (χ3v) is 5.70. The van der Waals surface area contributed by atoms with Crippen molar-refractivity contribution in [2.45, 2.75) is 12.7 Å². The fourth-order valence-corrected chi connectivity index (χ4v) is 4.42. The predicted molar refractivity (Wildman–Crippen MR) is 102 cm³/mol. The van der Waals surface area contributed by atoms with Crippen LogP contribution < -0.4 is 9.64 Å². The highest BCUT2D eigenvalue weighted by Gasteiger charge is 2.40. The van der Waals surface area contributed by atoms with Crippen molar-refractivity contribution in [1.29, 1.82) is 0 Å². The highest BCUT2D eigenvalue weighted by molar-refractivity contribution is 6.31. The van der Waals surface area contributed by atoms with E-state index in [9.17, 15) is 4.79 Å². The summed E-state index contributed by atoms with van der Waals surface area (Å²) in [6.45, 7) is 1.44. The van der Waals surface area contributed by atoms with Crippen molar-refractivity contribution >= 4 is 34.1 Å². The number of aromatic nitrogens is 1. The van der Waals surface area contributed by atoms with Gasteiger partial charge in [0.15, 0.2) is 0 Å². The zero-order valence-corrected chi connectivity index (χ0v) is 15.3. The molecule has 26 heavy (non-hydrogen) atoms. The molecule has 0 N–H and O–H groups in total. The highest BCUT2D eigenvalue weighted by Crippen LogP contribution is 2.42. The fraction of sp³-hybridized carbons (Fsp3) is 0.250. The summed E-state index contributed by atoms with van der Waals surface area (Å²) >= 11 is 6.12. The average Bonchev–Trinajstić information content (AvgIpc) is 3.03. The number of methoxy groups -OCH3 is 1. The number of rotatable bonds is 1. The summed E-state index contributed by atoms with van der Waals surface area (Å²) in [5.74, 6) is 0.880. The molecule has 0 radical (unpaired) electrons. The van der Waals surface area contributed by atoms with Gasteiger partial charge in [-0.2, -0.15) is 0 Å². The van der Waals surface area contributed by atoms with Gasteiger partial charge in [0, 0.05) is 36.1 Å². The standard InChI is InChI=1S/C20H18ClN3O2/c1-22-17-5-3-13(21)11-15(17)20(25)24-8-7-23-16-6-4-14(26-2)9-12(16)10-18(23)19(22)24/h3-6,9-11,19H,7-8H2,1-2H3. The zero-order valence-electron chi connectivity index (χ0n) is 14.6. The molecule has 2 aliphatic heterocycles. The Bertz CT molecular complexity index is 1060. The number of carbonyl (C=O) groups is 1. The van der Waals surface area contributed by atoms with Crippen LogP contribution in [0.5, 0.6) is 5.75 Å². The maximum absolute atomic E-state index is 13.1. The molecule has 5 rings (SSSR count). The van der Waals surface area contributed by atoms with Crippen LogP contribution in [0.4, 0.5) is 5.69 Å². The number of hydrogen-bond acceptors (Lipinski definition) is 3. The van der Waals surface area contributed by atoms with Gasteiger partial charge >= 0.3 is 0 Å². The smallest absolute Gasteiger partial charge is 0.258 e. The first kappa shape index (κ1) is 15.6. The van der Waals surface area contributed by atoms with Gasteiger partial charge in [0.05, 0.1) is 24.1 Å². The molecule has 3 aromatic rings. The van der Waals surface area contributed by atoms with E-state index < -0.39 is 0 Å². The Balaban J connectivity index is 1.70. The van der Waals surface area contributed by atoms with Crippen LogP contribution in [0.2, 0.25) is 5.02 Å². The number of halogens is 1. The van der Waals surface area contributed by atoms with Crippen molar-refractivity contribution in [3.63, 3.8) is 0 Å². The van der Waals surface area contributed by atoms with Gasteiger partial charge in [0.2, 0.25) is 0 Å². The fourth-order valence-electron chi connectivity index (χ4n) is 4.24. The molecule has 0 spiro atoms. The number of amides is 1. The molecule has 1 unspecified atom stereocenters. The van der Waals surface area contributed by atoms with E-state index >= 15 is 0 Å². The average molecular weight is 368 g/mol. The molecule has 0 bridgehead atoms. The molecule has 1 atom stereocenters. The molecule has 0 aliphatic carbocycles. The summed E-state index contributed by atoms with van der Waals surface area (Å²) in [5.41, 5.74) is 3.87. The van der Waals surface area contributed by atoms with Gasteiger partial charge < -0.3 is 19.1 Å². The summed E-state index contributed by atoms with van der Waals surface area (Å²) in [7, 11) is 3.71. The second-order valence-corrected chi connectivity index (χ2v) is 7.23. The number of fused-ring (bicyclic) bond motifs is 6. The Hall–Kier alpha value is -2.66. The minimum Gasteiger partial charge on any atom is -0.497 e. The van der Waals surface area contributed by atoms with Crippen LogP contribution in [0.25, 0.3) is 10.9 Å². The van der Waals surface area contributed by atoms with Crippen LogP contribution in [-0.2, 0) is 6.54 Å². The van der Waals surface area contributed by atoms with Gasteiger partial charge in [-0.3, -0.25) is 4.79 Å². The quantitative estimate of drug-likeness (QED) is 0.654. The topological polar surface area (TPSA) is 37.7 Å². The van der Waals surface area contributed by atoms with Gasteiger partial charge in [-0.05, 0) is 42.5 Å². The first-order valence-electron chi connectivity index (χ1n) is 8.59. The minimum absolute atomic E-state index is 0.0414. The van der Waals surface area contributed by atoms with Crippen LogP contribution in [0.3, 0.4) is 0 Å². The zero-order chi connectivity index (χ0) is 18.0. The highest BCUT2D eigenvalue weighted by atomic mass is 35.5. The molecule has 1 amide bonds. The van der Waals surface area contributed by atoms with E-state index in [4.69, 9.17) is 16.3 Å². The van der Waals surface area contributed by atoms with Crippen molar-refractivity contribution in [2.75, 3.05) is 25.6 Å². The molecular weight excluding hydrogens is 350 g/mol. The first-order chi connectivity index (χ1) is 12.6. The first-order valence-corrected chi connectivity index (χ1v) is 8.97. The lowest BCUT2D eigenvalue weighted by molar-refractivity contribution is 0.0602. The number of nitrogens with zero attached hydrogens (tertiary/aromatic N) is 3. The van der Waals surface area contributed by atoms with E-state index in [1.165, 1.54) is 5.52 Å². The molecule has 0 saturated carbocycles. The lowest BCUT2D eigenvalue weighted by Crippen LogP contribution is -2.52. The van der Waals surface area contributed by atoms with E-state index in [0.717, 1.165) is 29.1 Å². The van der Waals surface area contributed by atoms with E-state index in [2.05, 4.69) is 21.6 Å². The predicted octanol–water partition coefficient (Wildman–Crippen LogP) is 3.91. The summed E-state index contributed by atoms with van der Waals surface area (Å²) in [6.07, 6.45) is -0.122. The van der Waals surface area contributed by atoms with Crippen LogP contribution >= 0.6 is 11.6 Å². The Morgan fingerprint density at radius 3 is 2.77 bits per heavy atom. The Labute approximate surface area is 156 Å². The van der Waals surface area contributed by atoms with Gasteiger partial charge in [-0.1, -0.05) is 11.6 Å². The SMILES string of the molecule is COc1ccc2c(c1)cc1n2CCN2C(=O)c3cc(Cl)ccc3N(C)C12. The van der Waals surface area contributed by atoms with Crippen LogP contribution in [0.15, 0.2) is 42.5 Å². The van der Waals surface area contributed by atoms with Crippen LogP contribution in [0.1, 0.15) is 22.2 Å². The van der Waals surface area contributed by atoms with Gasteiger partial charge in [0.1, 0.15) is 11.9 Å². The second kappa shape index (κ2) is 5.42. The summed E-state index contributed by atoms with van der Waals surface area (Å²) < 4.78 is 7.67. The third kappa shape index (κ3) is 2.01. The molecule has 5 nitrogen and oxygen atoms in total. The Morgan fingerprint density at radius 1 is 1.12 bits per heavy atom. The van der Waals surface area contributed by atoms with Crippen LogP contribution in [-0.4, -0.2) is 36.1 Å². The largest absolute Gasteiger partial charge is 0.497 e. The van der Waals surface area contributed by atoms with Crippen LogP contribution in [0, 0.1) is 0 Å². The Kier molecular flexibility index (Phi) is 3.25. The summed E-state index contributed by atoms with van der Waals surface area (Å²) in [6, 6.07) is 13.8. The summed E-state index contributed by atoms with van der Waals surface area (Å²) in [5, 5.41) is 1.71. The third-order valence-electron chi connectivity index (χ3n) is 5.46. The maximum Gasteiger partial charge on any atom is 0.258 e. The van der Waals surface area contributed by atoms with E-state index in [1.807, 2.05) is 36.2 Å². The molecule has 0 saturated heterocycles. The van der Waals surface area contributed by atoms with E-state index in [1.54, 1.807) is 13.2 Å². The molecule has 132 valence electrons. The monoisotopic (exact) mass is 367 g/mol. The summed E-state index contributed by atoms with van der Waals surface area (Å²) in [4.78, 5) is 17.2. The number of ether oxygens (including phenoxy) is 1. The van der Waals surface area contributed by atoms with E-state index in [-0.39, 0.29) is 12.1 Å². The number of carbonyl (C=O) groups excluding carboxylic acids is 1. The number of hydrogen-bond donors (Lipinski definition) is 0. The Morgan fingerprint density at radius 2 is 1.96 bits per heavy atom. The molecular formula is C20H18ClN3O2. The molecule has 2 aromatic carbocycles. The van der Waals surface area contributed by atoms with Crippen molar-refractivity contribution < 1.29 is 9.53 Å². The van der Waals surface area contributed by atoms with E-state index in [0.29, 0.717) is 17.1 Å². The lowest BCUT2D eigenvalue weighted by Gasteiger charge is -2.46. The van der Waals surface area contributed by atoms with Crippen molar-refractivity contribution in [1.82, 2.24) is 9.47 Å². The number of benzene rings is 2. The maximum atomic E-state index is 13.1. The van der Waals surface area contributed by atoms with Crippen molar-refractivity contribution in [3.8, 4) is 5.75 Å². The normalized spacial score (nSPS) is 18.6. The van der Waals surface area contributed by atoms with Gasteiger partial charge in [-0.15, -0.1) is 0 Å². The van der Waals surface area contributed by atoms with Gasteiger partial charge in [0.25, 0.3) is 5.91 Å². The molecule has 1 aromatic heterocycles. The minimum atomic E-state index is -0.122. The molecule has 0 fully saturated rings. The van der Waals surface area contributed by atoms with Crippen molar-refractivity contribution in [3.05, 3.63) is 58.7 Å². The molecule has 6 heteroatoms. The van der Waals surface area contributed by atoms with Gasteiger partial charge in [-0.25, -0.2) is 0 Å². The second-order valence-electron chi connectivity index (χ2n) is 6.79. The molecule has 3 heterocycles.